The quantitative estimate of drug-likeness (QED) is 0.185. The molecule has 4 aromatic rings. The Hall–Kier alpha value is -5.34. The predicted molar refractivity (Wildman–Crippen MR) is 173 cm³/mol. The minimum Gasteiger partial charge on any atom is -0.493 e. The number of hydrogen-bond acceptors (Lipinski definition) is 11. The number of nitrogens with zero attached hydrogens (tertiary/aromatic N) is 3. The van der Waals surface area contributed by atoms with E-state index in [9.17, 15) is 13.2 Å². The Morgan fingerprint density at radius 1 is 0.913 bits per heavy atom. The molecule has 1 aliphatic heterocycles. The van der Waals surface area contributed by atoms with E-state index in [1.807, 2.05) is 17.0 Å². The van der Waals surface area contributed by atoms with Crippen molar-refractivity contribution < 1.29 is 36.9 Å². The van der Waals surface area contributed by atoms with Gasteiger partial charge < -0.3 is 28.6 Å². The Labute approximate surface area is 266 Å². The van der Waals surface area contributed by atoms with Gasteiger partial charge in [0.25, 0.3) is 15.9 Å². The molecule has 0 bridgehead atoms. The van der Waals surface area contributed by atoms with Crippen molar-refractivity contribution in [2.75, 3.05) is 61.6 Å². The Morgan fingerprint density at radius 2 is 1.59 bits per heavy atom. The molecule has 2 N–H and O–H groups in total. The van der Waals surface area contributed by atoms with Gasteiger partial charge in [-0.1, -0.05) is 60.7 Å². The van der Waals surface area contributed by atoms with E-state index in [0.717, 1.165) is 5.41 Å². The highest BCUT2D eigenvalue weighted by Crippen LogP contribution is 2.41. The van der Waals surface area contributed by atoms with Gasteiger partial charge in [0, 0.05) is 18.8 Å². The van der Waals surface area contributed by atoms with Crippen LogP contribution in [-0.4, -0.2) is 71.1 Å². The van der Waals surface area contributed by atoms with E-state index in [1.54, 1.807) is 72.8 Å². The molecule has 1 amide bonds. The molecule has 0 aliphatic carbocycles. The number of anilines is 3. The normalized spacial score (nSPS) is 13.2. The number of ether oxygens (including phenoxy) is 5. The van der Waals surface area contributed by atoms with Crippen LogP contribution < -0.4 is 29.1 Å². The van der Waals surface area contributed by atoms with Crippen molar-refractivity contribution in [2.45, 2.75) is 0 Å². The Morgan fingerprint density at radius 3 is 2.30 bits per heavy atom. The number of hydrogen-bond donors (Lipinski definition) is 2. The van der Waals surface area contributed by atoms with Crippen LogP contribution in [0.3, 0.4) is 0 Å². The van der Waals surface area contributed by atoms with E-state index < -0.39 is 16.1 Å². The Bertz CT molecular complexity index is 1730. The zero-order valence-corrected chi connectivity index (χ0v) is 25.8. The molecule has 3 aromatic carbocycles. The van der Waals surface area contributed by atoms with E-state index >= 15 is 0 Å². The number of nitrogens with one attached hydrogen (secondary N) is 2. The molecule has 13 nitrogen and oxygen atoms in total. The molecule has 2 heterocycles. The number of rotatable bonds is 13. The lowest BCUT2D eigenvalue weighted by Gasteiger charge is -2.28. The van der Waals surface area contributed by atoms with Gasteiger partial charge in [-0.15, -0.1) is 0 Å². The molecule has 5 rings (SSSR count). The van der Waals surface area contributed by atoms with Crippen LogP contribution in [0, 0.1) is 0 Å². The van der Waals surface area contributed by atoms with E-state index in [-0.39, 0.29) is 42.4 Å². The molecule has 0 unspecified atom stereocenters. The lowest BCUT2D eigenvalue weighted by atomic mass is 10.2. The summed E-state index contributed by atoms with van der Waals surface area (Å²) in [5.41, 5.74) is 1.26. The van der Waals surface area contributed by atoms with Gasteiger partial charge in [-0.05, 0) is 35.9 Å². The fourth-order valence-corrected chi connectivity index (χ4v) is 5.06. The fourth-order valence-electron chi connectivity index (χ4n) is 4.24. The minimum atomic E-state index is -4.10. The maximum absolute atomic E-state index is 13.3. The molecule has 0 saturated carbocycles. The number of methoxy groups -OCH3 is 1. The number of aromatic nitrogens is 2. The zero-order valence-electron chi connectivity index (χ0n) is 25.0. The number of benzene rings is 3. The molecule has 240 valence electrons. The molecule has 46 heavy (non-hydrogen) atoms. The first-order valence-corrected chi connectivity index (χ1v) is 15.9. The third-order valence-corrected chi connectivity index (χ3v) is 7.42. The summed E-state index contributed by atoms with van der Waals surface area (Å²) in [5, 5.41) is 3.66. The topological polar surface area (TPSA) is 150 Å². The van der Waals surface area contributed by atoms with Crippen molar-refractivity contribution in [2.24, 2.45) is 0 Å². The van der Waals surface area contributed by atoms with Gasteiger partial charge in [0.15, 0.2) is 17.3 Å². The first-order valence-electron chi connectivity index (χ1n) is 14.3. The highest BCUT2D eigenvalue weighted by atomic mass is 32.2. The molecule has 1 fully saturated rings. The molecular formula is C32H33N5O8S. The third-order valence-electron chi connectivity index (χ3n) is 6.45. The predicted octanol–water partition coefficient (Wildman–Crippen LogP) is 5.15. The summed E-state index contributed by atoms with van der Waals surface area (Å²) >= 11 is 0. The second-order valence-corrected chi connectivity index (χ2v) is 11.3. The fraction of sp³-hybridized carbons (Fsp3) is 0.219. The van der Waals surface area contributed by atoms with E-state index in [1.165, 1.54) is 13.2 Å². The number of amides is 1. The molecule has 0 atom stereocenters. The molecule has 0 spiro atoms. The van der Waals surface area contributed by atoms with Crippen LogP contribution in [0.1, 0.15) is 5.56 Å². The highest BCUT2D eigenvalue weighted by Gasteiger charge is 2.26. The van der Waals surface area contributed by atoms with E-state index in [2.05, 4.69) is 20.0 Å². The van der Waals surface area contributed by atoms with Crippen LogP contribution in [0.2, 0.25) is 0 Å². The SMILES string of the molecule is COc1ccccc1Oc1c(NS(=O)(=O)C=Cc2ccccc2)nc(N2CCOCC2)nc1OCCOC(=O)Nc1ccccc1. The smallest absolute Gasteiger partial charge is 0.411 e. The third kappa shape index (κ3) is 9.09. The van der Waals surface area contributed by atoms with Crippen LogP contribution in [0.25, 0.3) is 6.08 Å². The van der Waals surface area contributed by atoms with Gasteiger partial charge in [0.2, 0.25) is 11.7 Å². The summed E-state index contributed by atoms with van der Waals surface area (Å²) < 4.78 is 57.4. The monoisotopic (exact) mass is 647 g/mol. The van der Waals surface area contributed by atoms with Gasteiger partial charge in [0.1, 0.15) is 13.2 Å². The number of carbonyl (C=O) groups is 1. The molecular weight excluding hydrogens is 614 g/mol. The van der Waals surface area contributed by atoms with E-state index in [4.69, 9.17) is 23.7 Å². The molecule has 14 heteroatoms. The largest absolute Gasteiger partial charge is 0.493 e. The number of carbonyl (C=O) groups excluding carboxylic acids is 1. The van der Waals surface area contributed by atoms with Crippen LogP contribution in [-0.2, 0) is 19.5 Å². The molecule has 1 saturated heterocycles. The second kappa shape index (κ2) is 15.6. The van der Waals surface area contributed by atoms with Gasteiger partial charge in [-0.2, -0.15) is 9.97 Å². The van der Waals surface area contributed by atoms with Crippen LogP contribution in [0.5, 0.6) is 23.1 Å². The summed E-state index contributed by atoms with van der Waals surface area (Å²) in [4.78, 5) is 23.2. The van der Waals surface area contributed by atoms with Crippen molar-refractivity contribution in [1.29, 1.82) is 0 Å². The molecule has 0 radical (unpaired) electrons. The van der Waals surface area contributed by atoms with Crippen LogP contribution in [0.15, 0.2) is 90.3 Å². The summed E-state index contributed by atoms with van der Waals surface area (Å²) in [6.45, 7) is 1.52. The maximum atomic E-state index is 13.3. The highest BCUT2D eigenvalue weighted by molar-refractivity contribution is 7.95. The van der Waals surface area contributed by atoms with Crippen LogP contribution in [0.4, 0.5) is 22.2 Å². The van der Waals surface area contributed by atoms with Crippen molar-refractivity contribution >= 4 is 39.6 Å². The average molecular weight is 648 g/mol. The van der Waals surface area contributed by atoms with Gasteiger partial charge >= 0.3 is 6.09 Å². The number of sulfonamides is 1. The summed E-state index contributed by atoms with van der Waals surface area (Å²) in [6.07, 6.45) is 0.790. The molecule has 1 aliphatic rings. The Balaban J connectivity index is 1.45. The summed E-state index contributed by atoms with van der Waals surface area (Å²) in [5.74, 6) is 0.461. The minimum absolute atomic E-state index is 0.0841. The maximum Gasteiger partial charge on any atom is 0.411 e. The van der Waals surface area contributed by atoms with Crippen molar-refractivity contribution in [3.8, 4) is 23.1 Å². The second-order valence-electron chi connectivity index (χ2n) is 9.69. The average Bonchev–Trinajstić information content (AvgIpc) is 3.08. The summed E-state index contributed by atoms with van der Waals surface area (Å²) in [7, 11) is -2.62. The standard InChI is InChI=1S/C32H33N5O8S/c1-41-26-14-8-9-15-27(26)45-28-29(36-46(39,40)23-16-24-10-4-2-5-11-24)34-31(37-17-19-42-20-18-37)35-30(28)43-21-22-44-32(38)33-25-12-6-3-7-13-25/h2-16,23H,17-22H2,1H3,(H,33,38)(H,34,35,36). The van der Waals surface area contributed by atoms with Gasteiger partial charge in [-0.3, -0.25) is 10.0 Å². The first-order chi connectivity index (χ1) is 22.4. The van der Waals surface area contributed by atoms with E-state index in [0.29, 0.717) is 43.3 Å². The molecule has 1 aromatic heterocycles. The number of para-hydroxylation sites is 3. The lowest BCUT2D eigenvalue weighted by Crippen LogP contribution is -2.37. The number of morpholine rings is 1. The zero-order chi connectivity index (χ0) is 32.2. The Kier molecular flexibility index (Phi) is 10.9. The van der Waals surface area contributed by atoms with Crippen molar-refractivity contribution in [3.63, 3.8) is 0 Å². The van der Waals surface area contributed by atoms with Gasteiger partial charge in [0.05, 0.1) is 25.7 Å². The van der Waals surface area contributed by atoms with Crippen molar-refractivity contribution in [3.05, 3.63) is 95.9 Å². The summed E-state index contributed by atoms with van der Waals surface area (Å²) in [6, 6.07) is 24.7. The van der Waals surface area contributed by atoms with Crippen molar-refractivity contribution in [1.82, 2.24) is 9.97 Å². The first kappa shape index (κ1) is 32.1. The lowest BCUT2D eigenvalue weighted by molar-refractivity contribution is 0.121. The van der Waals surface area contributed by atoms with Gasteiger partial charge in [-0.25, -0.2) is 13.2 Å². The van der Waals surface area contributed by atoms with Crippen LogP contribution >= 0.6 is 0 Å².